The van der Waals surface area contributed by atoms with Crippen LogP contribution in [0.25, 0.3) is 0 Å². The molecule has 0 amide bonds. The highest BCUT2D eigenvalue weighted by Gasteiger charge is 2.20. The molecule has 0 saturated carbocycles. The van der Waals surface area contributed by atoms with Crippen molar-refractivity contribution in [3.05, 3.63) is 24.3 Å². The van der Waals surface area contributed by atoms with Crippen LogP contribution in [0.15, 0.2) is 24.3 Å². The Bertz CT molecular complexity index is 934. The Labute approximate surface area is 160 Å². The molecule has 0 unspecified atom stereocenters. The topological polar surface area (TPSA) is 127 Å². The van der Waals surface area contributed by atoms with Crippen LogP contribution in [0.1, 0.15) is 25.7 Å². The van der Waals surface area contributed by atoms with Gasteiger partial charge in [0, 0.05) is 18.8 Å². The van der Waals surface area contributed by atoms with E-state index in [-0.39, 0.29) is 12.2 Å². The van der Waals surface area contributed by atoms with Crippen molar-refractivity contribution in [2.45, 2.75) is 25.7 Å². The van der Waals surface area contributed by atoms with Gasteiger partial charge in [-0.05, 0) is 49.9 Å². The van der Waals surface area contributed by atoms with E-state index in [9.17, 15) is 25.3 Å². The Morgan fingerprint density at radius 3 is 2.07 bits per heavy atom. The van der Waals surface area contributed by atoms with E-state index in [1.54, 1.807) is 24.3 Å². The molecule has 0 spiro atoms. The second kappa shape index (κ2) is 8.76. The van der Waals surface area contributed by atoms with E-state index in [0.717, 1.165) is 31.6 Å². The van der Waals surface area contributed by atoms with Crippen molar-refractivity contribution in [3.8, 4) is 5.75 Å². The van der Waals surface area contributed by atoms with E-state index in [4.69, 9.17) is 4.18 Å². The Balaban J connectivity index is 1.88. The summed E-state index contributed by atoms with van der Waals surface area (Å²) < 4.78 is 75.4. The van der Waals surface area contributed by atoms with Crippen LogP contribution >= 0.6 is 0 Å². The molecule has 12 heteroatoms. The van der Waals surface area contributed by atoms with Crippen LogP contribution < -0.4 is 13.2 Å². The fourth-order valence-electron chi connectivity index (χ4n) is 2.75. The van der Waals surface area contributed by atoms with E-state index in [1.165, 1.54) is 10.5 Å². The normalized spacial score (nSPS) is 16.3. The summed E-state index contributed by atoms with van der Waals surface area (Å²) in [5, 5.41) is 0. The van der Waals surface area contributed by atoms with Gasteiger partial charge in [-0.2, -0.15) is 8.42 Å². The highest BCUT2D eigenvalue weighted by Crippen LogP contribution is 2.23. The minimum atomic E-state index is -4.12. The molecule has 1 N–H and O–H groups in total. The Kier molecular flexibility index (Phi) is 7.11. The first-order valence-corrected chi connectivity index (χ1v) is 13.6. The molecule has 0 bridgehead atoms. The number of piperidine rings is 1. The molecule has 0 aliphatic carbocycles. The molecule has 2 rings (SSSR count). The number of nitrogens with one attached hydrogen (secondary N) is 1. The predicted octanol–water partition coefficient (Wildman–Crippen LogP) is 0.655. The molecule has 9 nitrogen and oxygen atoms in total. The first-order chi connectivity index (χ1) is 12.5. The summed E-state index contributed by atoms with van der Waals surface area (Å²) in [4.78, 5) is 2.22. The number of hydrogen-bond acceptors (Lipinski definition) is 8. The van der Waals surface area contributed by atoms with Gasteiger partial charge < -0.3 is 9.08 Å². The standard InChI is InChI=1S/C15H24N2O7S3/c1-25(18,19)16-26(20,21)12-5-13-27(22,23)24-15-8-6-14(7-9-15)17-10-3-2-4-11-17/h6-9,16H,2-5,10-13H2,1H3. The molecule has 1 aliphatic heterocycles. The number of sulfonamides is 2. The molecule has 0 aromatic heterocycles. The van der Waals surface area contributed by atoms with Gasteiger partial charge in [-0.15, -0.1) is 4.13 Å². The van der Waals surface area contributed by atoms with Crippen LogP contribution in [0, 0.1) is 0 Å². The zero-order valence-electron chi connectivity index (χ0n) is 15.0. The summed E-state index contributed by atoms with van der Waals surface area (Å²) in [6.45, 7) is 1.93. The number of nitrogens with zero attached hydrogens (tertiary/aromatic N) is 1. The molecule has 1 fully saturated rings. The van der Waals surface area contributed by atoms with Gasteiger partial charge in [-0.3, -0.25) is 0 Å². The highest BCUT2D eigenvalue weighted by atomic mass is 32.3. The SMILES string of the molecule is CS(=O)(=O)NS(=O)(=O)CCCS(=O)(=O)Oc1ccc(N2CCCCC2)cc1. The largest absolute Gasteiger partial charge is 0.382 e. The molecular formula is C15H24N2O7S3. The van der Waals surface area contributed by atoms with E-state index < -0.39 is 41.7 Å². The Morgan fingerprint density at radius 1 is 0.926 bits per heavy atom. The summed E-state index contributed by atoms with van der Waals surface area (Å²) >= 11 is 0. The van der Waals surface area contributed by atoms with Gasteiger partial charge in [0.25, 0.3) is 0 Å². The summed E-state index contributed by atoms with van der Waals surface area (Å²) in [6.07, 6.45) is 3.88. The van der Waals surface area contributed by atoms with Gasteiger partial charge in [0.1, 0.15) is 5.75 Å². The lowest BCUT2D eigenvalue weighted by atomic mass is 10.1. The van der Waals surface area contributed by atoms with Crippen molar-refractivity contribution in [1.82, 2.24) is 4.13 Å². The van der Waals surface area contributed by atoms with Crippen LogP contribution in [-0.2, 0) is 30.2 Å². The molecule has 0 radical (unpaired) electrons. The third-order valence-electron chi connectivity index (χ3n) is 3.87. The molecule has 154 valence electrons. The summed E-state index contributed by atoms with van der Waals surface area (Å²) in [5.74, 6) is -1.05. The van der Waals surface area contributed by atoms with Gasteiger partial charge in [0.05, 0.1) is 17.8 Å². The first kappa shape index (κ1) is 21.9. The Morgan fingerprint density at radius 2 is 1.52 bits per heavy atom. The lowest BCUT2D eigenvalue weighted by Crippen LogP contribution is -2.32. The maximum absolute atomic E-state index is 12.0. The fourth-order valence-corrected chi connectivity index (χ4v) is 6.62. The van der Waals surface area contributed by atoms with Crippen molar-refractivity contribution in [2.24, 2.45) is 0 Å². The number of anilines is 1. The minimum Gasteiger partial charge on any atom is -0.382 e. The summed E-state index contributed by atoms with van der Waals surface area (Å²) in [6, 6.07) is 6.69. The van der Waals surface area contributed by atoms with E-state index >= 15 is 0 Å². The van der Waals surface area contributed by atoms with Crippen molar-refractivity contribution in [1.29, 1.82) is 0 Å². The Hall–Kier alpha value is -1.37. The van der Waals surface area contributed by atoms with Gasteiger partial charge >= 0.3 is 10.1 Å². The van der Waals surface area contributed by atoms with Crippen molar-refractivity contribution < 1.29 is 29.4 Å². The van der Waals surface area contributed by atoms with Gasteiger partial charge in [0.2, 0.25) is 20.0 Å². The highest BCUT2D eigenvalue weighted by molar-refractivity contribution is 8.04. The fraction of sp³-hybridized carbons (Fsp3) is 0.600. The zero-order valence-corrected chi connectivity index (χ0v) is 17.4. The maximum atomic E-state index is 12.0. The van der Waals surface area contributed by atoms with E-state index in [2.05, 4.69) is 4.90 Å². The van der Waals surface area contributed by atoms with Crippen LogP contribution in [0.3, 0.4) is 0 Å². The quantitative estimate of drug-likeness (QED) is 0.555. The van der Waals surface area contributed by atoms with Crippen LogP contribution in [-0.4, -0.2) is 56.1 Å². The van der Waals surface area contributed by atoms with Crippen molar-refractivity contribution >= 4 is 35.9 Å². The van der Waals surface area contributed by atoms with Crippen molar-refractivity contribution in [2.75, 3.05) is 35.8 Å². The molecule has 1 aromatic rings. The predicted molar refractivity (Wildman–Crippen MR) is 103 cm³/mol. The smallest absolute Gasteiger partial charge is 0.309 e. The van der Waals surface area contributed by atoms with Gasteiger partial charge in [-0.25, -0.2) is 16.8 Å². The number of benzene rings is 1. The van der Waals surface area contributed by atoms with Gasteiger partial charge in [-0.1, -0.05) is 0 Å². The molecule has 0 atom stereocenters. The third-order valence-corrected chi connectivity index (χ3v) is 8.15. The third kappa shape index (κ3) is 8.03. The molecule has 1 aliphatic rings. The van der Waals surface area contributed by atoms with Crippen LogP contribution in [0.2, 0.25) is 0 Å². The van der Waals surface area contributed by atoms with Crippen LogP contribution in [0.5, 0.6) is 5.75 Å². The van der Waals surface area contributed by atoms with Gasteiger partial charge in [0.15, 0.2) is 0 Å². The molecule has 1 saturated heterocycles. The monoisotopic (exact) mass is 440 g/mol. The maximum Gasteiger partial charge on any atom is 0.309 e. The summed E-state index contributed by atoms with van der Waals surface area (Å²) in [7, 11) is -12.0. The average Bonchev–Trinajstić information content (AvgIpc) is 2.53. The van der Waals surface area contributed by atoms with E-state index in [1.807, 2.05) is 0 Å². The van der Waals surface area contributed by atoms with Crippen LogP contribution in [0.4, 0.5) is 5.69 Å². The number of hydrogen-bond donors (Lipinski definition) is 1. The second-order valence-electron chi connectivity index (χ2n) is 6.41. The molecule has 27 heavy (non-hydrogen) atoms. The molecular weight excluding hydrogens is 416 g/mol. The second-order valence-corrected chi connectivity index (χ2v) is 12.0. The van der Waals surface area contributed by atoms with E-state index in [0.29, 0.717) is 6.26 Å². The average molecular weight is 441 g/mol. The summed E-state index contributed by atoms with van der Waals surface area (Å²) in [5.41, 5.74) is 0.998. The molecule has 1 aromatic carbocycles. The molecule has 1 heterocycles. The van der Waals surface area contributed by atoms with Crippen molar-refractivity contribution in [3.63, 3.8) is 0 Å². The lowest BCUT2D eigenvalue weighted by molar-refractivity contribution is 0.485. The minimum absolute atomic E-state index is 0.146. The zero-order chi connectivity index (χ0) is 20.1. The first-order valence-electron chi connectivity index (χ1n) is 8.44. The lowest BCUT2D eigenvalue weighted by Gasteiger charge is -2.28. The number of rotatable bonds is 9.